The lowest BCUT2D eigenvalue weighted by atomic mass is 9.58. The highest BCUT2D eigenvalue weighted by Gasteiger charge is 2.76. The second-order valence-corrected chi connectivity index (χ2v) is 14.2. The summed E-state index contributed by atoms with van der Waals surface area (Å²) in [4.78, 5) is 30.1. The lowest BCUT2D eigenvalue weighted by Crippen LogP contribution is -2.42. The molecule has 4 aliphatic rings. The average molecular weight is 681 g/mol. The largest absolute Gasteiger partial charge is 0.508 e. The average Bonchev–Trinajstić information content (AvgIpc) is 3.63. The van der Waals surface area contributed by atoms with Crippen LogP contribution in [-0.4, -0.2) is 47.3 Å². The summed E-state index contributed by atoms with van der Waals surface area (Å²) in [6, 6.07) is 26.7. The number of allylic oxidation sites excluding steroid dienone is 2. The predicted octanol–water partition coefficient (Wildman–Crippen LogP) is 6.53. The van der Waals surface area contributed by atoms with Gasteiger partial charge in [-0.1, -0.05) is 36.4 Å². The third-order valence-electron chi connectivity index (χ3n) is 11.8. The number of hydrogen-bond acceptors (Lipinski definition) is 9. The molecule has 2 fully saturated rings. The van der Waals surface area contributed by atoms with Crippen molar-refractivity contribution in [3.05, 3.63) is 148 Å². The summed E-state index contributed by atoms with van der Waals surface area (Å²) in [7, 11) is 0. The number of benzene rings is 5. The first-order valence-electron chi connectivity index (χ1n) is 16.7. The predicted molar refractivity (Wildman–Crippen MR) is 184 cm³/mol. The smallest absolute Gasteiger partial charge is 0.166 e. The van der Waals surface area contributed by atoms with E-state index in [0.29, 0.717) is 33.4 Å². The molecule has 1 spiro atoms. The van der Waals surface area contributed by atoms with Gasteiger partial charge in [0.15, 0.2) is 11.6 Å². The minimum atomic E-state index is -1.42. The van der Waals surface area contributed by atoms with Crippen molar-refractivity contribution in [2.75, 3.05) is 0 Å². The van der Waals surface area contributed by atoms with E-state index in [9.17, 15) is 40.5 Å². The van der Waals surface area contributed by atoms with E-state index in [1.54, 1.807) is 72.8 Å². The first-order chi connectivity index (χ1) is 24.5. The topological polar surface area (TPSA) is 176 Å². The fraction of sp³-hybridized carbons (Fsp3) is 0.190. The quantitative estimate of drug-likeness (QED) is 0.104. The zero-order valence-electron chi connectivity index (χ0n) is 26.9. The second kappa shape index (κ2) is 10.6. The molecule has 5 aromatic rings. The van der Waals surface area contributed by atoms with E-state index in [2.05, 4.69) is 0 Å². The van der Waals surface area contributed by atoms with Gasteiger partial charge in [-0.25, -0.2) is 0 Å². The van der Waals surface area contributed by atoms with Crippen LogP contribution in [0.2, 0.25) is 0 Å². The van der Waals surface area contributed by atoms with Crippen molar-refractivity contribution in [3.63, 3.8) is 0 Å². The summed E-state index contributed by atoms with van der Waals surface area (Å²) in [6.45, 7) is 0. The van der Waals surface area contributed by atoms with Gasteiger partial charge in [0.1, 0.15) is 40.2 Å². The Bertz CT molecular complexity index is 2290. The molecule has 2 bridgehead atoms. The minimum absolute atomic E-state index is 0.00702. The highest BCUT2D eigenvalue weighted by molar-refractivity contribution is 6.18. The maximum absolute atomic E-state index is 15.6. The van der Waals surface area contributed by atoms with Gasteiger partial charge in [-0.15, -0.1) is 0 Å². The van der Waals surface area contributed by atoms with Crippen LogP contribution in [0.25, 0.3) is 0 Å². The fourth-order valence-electron chi connectivity index (χ4n) is 10.4. The molecule has 4 aliphatic carbocycles. The van der Waals surface area contributed by atoms with Gasteiger partial charge in [0.25, 0.3) is 0 Å². The van der Waals surface area contributed by atoms with Crippen LogP contribution in [0.4, 0.5) is 0 Å². The van der Waals surface area contributed by atoms with E-state index in [1.807, 2.05) is 0 Å². The van der Waals surface area contributed by atoms with E-state index >= 15 is 4.79 Å². The number of carbonyl (C=O) groups is 2. The van der Waals surface area contributed by atoms with E-state index < -0.39 is 52.6 Å². The second-order valence-electron chi connectivity index (χ2n) is 14.2. The maximum Gasteiger partial charge on any atom is 0.166 e. The molecule has 9 nitrogen and oxygen atoms in total. The van der Waals surface area contributed by atoms with Gasteiger partial charge in [-0.2, -0.15) is 0 Å². The van der Waals surface area contributed by atoms with Gasteiger partial charge >= 0.3 is 0 Å². The van der Waals surface area contributed by atoms with Crippen LogP contribution in [-0.2, 0) is 9.59 Å². The number of ketones is 2. The molecule has 51 heavy (non-hydrogen) atoms. The van der Waals surface area contributed by atoms with Crippen molar-refractivity contribution < 1.29 is 45.3 Å². The standard InChI is InChI=1S/C42H32O9/c43-23-7-1-19(2-8-23)33-35-29(16-28(48)17-31(35)49)36-37(33)30-18-32(50)38-34(22-13-26(46)15-27(47)14-22)39(20-3-9-24(44)10-4-20)42(30,41(38)51)40(36)21-5-11-25(45)12-6-21/h1-18,33-34,36-40,43-49H. The Balaban J connectivity index is 1.41. The summed E-state index contributed by atoms with van der Waals surface area (Å²) in [5.41, 5.74) is 2.77. The highest BCUT2D eigenvalue weighted by atomic mass is 16.3. The Kier molecular flexibility index (Phi) is 6.43. The summed E-state index contributed by atoms with van der Waals surface area (Å²) < 4.78 is 0. The molecule has 0 radical (unpaired) electrons. The molecule has 7 N–H and O–H groups in total. The number of carbonyl (C=O) groups excluding carboxylic acids is 2. The van der Waals surface area contributed by atoms with Gasteiger partial charge in [0.05, 0.1) is 11.3 Å². The Hall–Kier alpha value is -6.22. The molecule has 8 atom stereocenters. The van der Waals surface area contributed by atoms with Crippen molar-refractivity contribution in [3.8, 4) is 40.2 Å². The van der Waals surface area contributed by atoms with Crippen molar-refractivity contribution in [2.45, 2.75) is 29.6 Å². The van der Waals surface area contributed by atoms with E-state index in [-0.39, 0.29) is 46.0 Å². The van der Waals surface area contributed by atoms with Crippen molar-refractivity contribution >= 4 is 11.6 Å². The van der Waals surface area contributed by atoms with Crippen LogP contribution in [0.1, 0.15) is 63.0 Å². The van der Waals surface area contributed by atoms with Gasteiger partial charge < -0.3 is 35.7 Å². The molecular formula is C42H32O9. The molecular weight excluding hydrogens is 648 g/mol. The first kappa shape index (κ1) is 30.8. The third-order valence-corrected chi connectivity index (χ3v) is 11.8. The summed E-state index contributed by atoms with van der Waals surface area (Å²) >= 11 is 0. The minimum Gasteiger partial charge on any atom is -0.508 e. The molecule has 0 heterocycles. The van der Waals surface area contributed by atoms with Crippen LogP contribution in [0.5, 0.6) is 40.2 Å². The van der Waals surface area contributed by atoms with Gasteiger partial charge in [-0.3, -0.25) is 9.59 Å². The number of fused-ring (bicyclic) bond motifs is 5. The normalized spacial score (nSPS) is 28.6. The Morgan fingerprint density at radius 2 is 0.941 bits per heavy atom. The zero-order valence-corrected chi connectivity index (χ0v) is 26.9. The number of hydrogen-bond donors (Lipinski definition) is 7. The van der Waals surface area contributed by atoms with E-state index in [0.717, 1.165) is 5.56 Å². The zero-order chi connectivity index (χ0) is 35.5. The Labute approximate surface area is 291 Å². The molecule has 0 aliphatic heterocycles. The van der Waals surface area contributed by atoms with Gasteiger partial charge in [-0.05, 0) is 100.0 Å². The van der Waals surface area contributed by atoms with Crippen LogP contribution >= 0.6 is 0 Å². The monoisotopic (exact) mass is 680 g/mol. The van der Waals surface area contributed by atoms with Crippen LogP contribution in [0, 0.1) is 17.3 Å². The number of phenolic OH excluding ortho intramolecular Hbond substituents is 7. The number of Topliss-reactive ketones (excluding diaryl/α,β-unsaturated/α-hetero) is 1. The number of aromatic hydroxyl groups is 7. The molecule has 9 rings (SSSR count). The van der Waals surface area contributed by atoms with Crippen molar-refractivity contribution in [1.82, 2.24) is 0 Å². The molecule has 0 aromatic heterocycles. The first-order valence-corrected chi connectivity index (χ1v) is 16.7. The Morgan fingerprint density at radius 3 is 1.49 bits per heavy atom. The summed E-state index contributed by atoms with van der Waals surface area (Å²) in [5, 5.41) is 74.8. The highest BCUT2D eigenvalue weighted by Crippen LogP contribution is 2.80. The van der Waals surface area contributed by atoms with Crippen molar-refractivity contribution in [1.29, 1.82) is 0 Å². The fourth-order valence-corrected chi connectivity index (χ4v) is 10.4. The van der Waals surface area contributed by atoms with E-state index in [1.165, 1.54) is 36.4 Å². The number of rotatable bonds is 4. The lowest BCUT2D eigenvalue weighted by molar-refractivity contribution is -0.134. The van der Waals surface area contributed by atoms with Crippen LogP contribution in [0.3, 0.4) is 0 Å². The van der Waals surface area contributed by atoms with E-state index in [4.69, 9.17) is 0 Å². The molecule has 254 valence electrons. The van der Waals surface area contributed by atoms with Crippen LogP contribution < -0.4 is 0 Å². The summed E-state index contributed by atoms with van der Waals surface area (Å²) in [6.07, 6.45) is 1.58. The van der Waals surface area contributed by atoms with Crippen molar-refractivity contribution in [2.24, 2.45) is 17.3 Å². The molecule has 0 amide bonds. The molecule has 9 heteroatoms. The number of phenols is 7. The van der Waals surface area contributed by atoms with Gasteiger partial charge in [0.2, 0.25) is 0 Å². The molecule has 5 aromatic carbocycles. The maximum atomic E-state index is 15.6. The van der Waals surface area contributed by atoms with Gasteiger partial charge in [0, 0.05) is 47.3 Å². The summed E-state index contributed by atoms with van der Waals surface area (Å²) in [5.74, 6) is -6.68. The van der Waals surface area contributed by atoms with Crippen LogP contribution in [0.15, 0.2) is 115 Å². The Morgan fingerprint density at radius 1 is 0.451 bits per heavy atom. The lowest BCUT2D eigenvalue weighted by Gasteiger charge is -2.42. The SMILES string of the molecule is O=C1C=C2C3C(c4ccc(O)cc4)c4c(O)cc(O)cc4C3C(c3ccc(O)cc3)C23C(=O)C1C(c1cc(O)cc(O)c1)C3c1ccc(O)cc1. The third kappa shape index (κ3) is 4.15. The molecule has 0 saturated heterocycles. The molecule has 8 unspecified atom stereocenters. The molecule has 2 saturated carbocycles.